The van der Waals surface area contributed by atoms with Gasteiger partial charge in [0.15, 0.2) is 0 Å². The molecule has 1 rings (SSSR count). The minimum atomic E-state index is -1.15. The summed E-state index contributed by atoms with van der Waals surface area (Å²) < 4.78 is 4.81. The highest BCUT2D eigenvalue weighted by Crippen LogP contribution is 2.13. The molecule has 0 fully saturated rings. The highest BCUT2D eigenvalue weighted by molar-refractivity contribution is 5.95. The Kier molecular flexibility index (Phi) is 4.59. The third-order valence-corrected chi connectivity index (χ3v) is 2.20. The maximum absolute atomic E-state index is 11.6. The number of carbonyl (C=O) groups excluding carboxylic acids is 2. The normalized spacial score (nSPS) is 9.89. The van der Waals surface area contributed by atoms with E-state index in [9.17, 15) is 14.4 Å². The average Bonchev–Trinajstić information content (AvgIpc) is 2.27. The Morgan fingerprint density at radius 3 is 2.28 bits per heavy atom. The van der Waals surface area contributed by atoms with Crippen molar-refractivity contribution in [2.45, 2.75) is 20.3 Å². The van der Waals surface area contributed by atoms with Crippen LogP contribution in [0.25, 0.3) is 0 Å². The van der Waals surface area contributed by atoms with E-state index in [1.807, 2.05) is 0 Å². The van der Waals surface area contributed by atoms with Gasteiger partial charge in [0.1, 0.15) is 5.78 Å². The number of esters is 1. The fraction of sp³-hybridized carbons (Fsp3) is 0.308. The number of hydrogen-bond acceptors (Lipinski definition) is 4. The van der Waals surface area contributed by atoms with Crippen LogP contribution in [0.2, 0.25) is 0 Å². The van der Waals surface area contributed by atoms with E-state index in [0.717, 1.165) is 0 Å². The minimum absolute atomic E-state index is 0.0307. The number of ether oxygens (including phenoxy) is 1. The quantitative estimate of drug-likeness (QED) is 0.804. The lowest BCUT2D eigenvalue weighted by atomic mass is 10.0. The summed E-state index contributed by atoms with van der Waals surface area (Å²) in [5.74, 6) is -1.84. The molecule has 0 atom stereocenters. The molecule has 0 saturated carbocycles. The number of aromatic carboxylic acids is 1. The van der Waals surface area contributed by atoms with Crippen molar-refractivity contribution in [1.82, 2.24) is 0 Å². The van der Waals surface area contributed by atoms with Crippen LogP contribution in [-0.2, 0) is 16.0 Å². The number of carboxylic acids is 1. The third-order valence-electron chi connectivity index (χ3n) is 2.20. The minimum Gasteiger partial charge on any atom is -0.478 e. The second kappa shape index (κ2) is 5.95. The summed E-state index contributed by atoms with van der Waals surface area (Å²) in [6, 6.07) is 4.10. The van der Waals surface area contributed by atoms with Crippen molar-refractivity contribution in [2.24, 2.45) is 0 Å². The van der Waals surface area contributed by atoms with Gasteiger partial charge in [0.25, 0.3) is 0 Å². The molecule has 0 amide bonds. The summed E-state index contributed by atoms with van der Waals surface area (Å²) in [5, 5.41) is 8.94. The smallest absolute Gasteiger partial charge is 0.338 e. The predicted molar refractivity (Wildman–Crippen MR) is 63.7 cm³/mol. The van der Waals surface area contributed by atoms with Crippen LogP contribution in [0.15, 0.2) is 18.2 Å². The van der Waals surface area contributed by atoms with Crippen LogP contribution in [0.1, 0.15) is 40.1 Å². The Balaban J connectivity index is 3.17. The molecule has 5 nitrogen and oxygen atoms in total. The van der Waals surface area contributed by atoms with Crippen molar-refractivity contribution in [3.05, 3.63) is 34.9 Å². The van der Waals surface area contributed by atoms with Crippen LogP contribution < -0.4 is 0 Å². The molecule has 0 aliphatic carbocycles. The van der Waals surface area contributed by atoms with Crippen LogP contribution in [-0.4, -0.2) is 29.4 Å². The molecule has 0 saturated heterocycles. The number of Topliss-reactive ketones (excluding diaryl/α,β-unsaturated/α-hetero) is 1. The Bertz CT molecular complexity index is 490. The number of benzene rings is 1. The van der Waals surface area contributed by atoms with Crippen molar-refractivity contribution in [3.63, 3.8) is 0 Å². The molecule has 0 bridgehead atoms. The predicted octanol–water partition coefficient (Wildman–Crippen LogP) is 1.69. The fourth-order valence-corrected chi connectivity index (χ4v) is 1.54. The van der Waals surface area contributed by atoms with Crippen molar-refractivity contribution >= 4 is 17.7 Å². The SMILES string of the molecule is CCOC(=O)c1cc(CC(C)=O)cc(C(=O)O)c1. The Hall–Kier alpha value is -2.17. The summed E-state index contributed by atoms with van der Waals surface area (Å²) in [7, 11) is 0. The Morgan fingerprint density at radius 2 is 1.78 bits per heavy atom. The van der Waals surface area contributed by atoms with Gasteiger partial charge in [-0.3, -0.25) is 4.79 Å². The van der Waals surface area contributed by atoms with E-state index >= 15 is 0 Å². The molecule has 0 aromatic heterocycles. The van der Waals surface area contributed by atoms with Gasteiger partial charge in [-0.2, -0.15) is 0 Å². The van der Waals surface area contributed by atoms with Crippen molar-refractivity contribution < 1.29 is 24.2 Å². The van der Waals surface area contributed by atoms with Gasteiger partial charge in [-0.05, 0) is 37.6 Å². The summed E-state index contributed by atoms with van der Waals surface area (Å²) in [5.41, 5.74) is 0.607. The summed E-state index contributed by atoms with van der Waals surface area (Å²) in [6.07, 6.45) is 0.0908. The van der Waals surface area contributed by atoms with Crippen molar-refractivity contribution in [1.29, 1.82) is 0 Å². The standard InChI is InChI=1S/C13H14O5/c1-3-18-13(17)11-6-9(4-8(2)14)5-10(7-11)12(15)16/h5-7H,3-4H2,1-2H3,(H,15,16). The molecule has 1 aromatic carbocycles. The van der Waals surface area contributed by atoms with Crippen molar-refractivity contribution in [3.8, 4) is 0 Å². The zero-order chi connectivity index (χ0) is 13.7. The molecule has 96 valence electrons. The second-order valence-electron chi connectivity index (χ2n) is 3.82. The van der Waals surface area contributed by atoms with Gasteiger partial charge in [0, 0.05) is 6.42 Å². The van der Waals surface area contributed by atoms with Crippen LogP contribution in [0, 0.1) is 0 Å². The highest BCUT2D eigenvalue weighted by Gasteiger charge is 2.13. The number of rotatable bonds is 5. The molecular formula is C13H14O5. The maximum atomic E-state index is 11.6. The van der Waals surface area contributed by atoms with E-state index in [4.69, 9.17) is 9.84 Å². The molecule has 0 aliphatic rings. The van der Waals surface area contributed by atoms with E-state index in [0.29, 0.717) is 5.56 Å². The molecule has 0 radical (unpaired) electrons. The summed E-state index contributed by atoms with van der Waals surface area (Å²) >= 11 is 0. The molecule has 18 heavy (non-hydrogen) atoms. The lowest BCUT2D eigenvalue weighted by Gasteiger charge is -2.06. The van der Waals surface area contributed by atoms with E-state index in [1.165, 1.54) is 25.1 Å². The number of carbonyl (C=O) groups is 3. The summed E-state index contributed by atoms with van der Waals surface area (Å²) in [6.45, 7) is 3.27. The first-order chi connectivity index (χ1) is 8.43. The van der Waals surface area contributed by atoms with Gasteiger partial charge >= 0.3 is 11.9 Å². The molecule has 1 aromatic rings. The number of hydrogen-bond donors (Lipinski definition) is 1. The van der Waals surface area contributed by atoms with Crippen LogP contribution in [0.4, 0.5) is 0 Å². The van der Waals surface area contributed by atoms with Crippen LogP contribution >= 0.6 is 0 Å². The van der Waals surface area contributed by atoms with Gasteiger partial charge in [-0.25, -0.2) is 9.59 Å². The highest BCUT2D eigenvalue weighted by atomic mass is 16.5. The summed E-state index contributed by atoms with van der Waals surface area (Å²) in [4.78, 5) is 33.5. The van der Waals surface area contributed by atoms with Crippen LogP contribution in [0.3, 0.4) is 0 Å². The zero-order valence-electron chi connectivity index (χ0n) is 10.2. The monoisotopic (exact) mass is 250 g/mol. The van der Waals surface area contributed by atoms with Crippen LogP contribution in [0.5, 0.6) is 0 Å². The Morgan fingerprint density at radius 1 is 1.17 bits per heavy atom. The van der Waals surface area contributed by atoms with Gasteiger partial charge < -0.3 is 9.84 Å². The van der Waals surface area contributed by atoms with Gasteiger partial charge in [0.2, 0.25) is 0 Å². The number of ketones is 1. The molecular weight excluding hydrogens is 236 g/mol. The van der Waals surface area contributed by atoms with E-state index in [1.54, 1.807) is 6.92 Å². The topological polar surface area (TPSA) is 80.7 Å². The van der Waals surface area contributed by atoms with E-state index < -0.39 is 11.9 Å². The van der Waals surface area contributed by atoms with Crippen molar-refractivity contribution in [2.75, 3.05) is 6.61 Å². The molecule has 0 unspecified atom stereocenters. The van der Waals surface area contributed by atoms with Gasteiger partial charge in [-0.15, -0.1) is 0 Å². The average molecular weight is 250 g/mol. The zero-order valence-corrected chi connectivity index (χ0v) is 10.2. The largest absolute Gasteiger partial charge is 0.478 e. The molecule has 5 heteroatoms. The van der Waals surface area contributed by atoms with E-state index in [-0.39, 0.29) is 29.9 Å². The molecule has 0 spiro atoms. The first-order valence-corrected chi connectivity index (χ1v) is 5.48. The second-order valence-corrected chi connectivity index (χ2v) is 3.82. The molecule has 0 aliphatic heterocycles. The van der Waals surface area contributed by atoms with Gasteiger partial charge in [0.05, 0.1) is 17.7 Å². The third kappa shape index (κ3) is 3.69. The first-order valence-electron chi connectivity index (χ1n) is 5.48. The lowest BCUT2D eigenvalue weighted by Crippen LogP contribution is -2.09. The molecule has 1 N–H and O–H groups in total. The maximum Gasteiger partial charge on any atom is 0.338 e. The molecule has 0 heterocycles. The lowest BCUT2D eigenvalue weighted by molar-refractivity contribution is -0.116. The Labute approximate surface area is 104 Å². The first kappa shape index (κ1) is 13.9. The van der Waals surface area contributed by atoms with E-state index in [2.05, 4.69) is 0 Å². The number of carboxylic acid groups (broad SMARTS) is 1. The van der Waals surface area contributed by atoms with Gasteiger partial charge in [-0.1, -0.05) is 0 Å². The fourth-order valence-electron chi connectivity index (χ4n) is 1.54.